The third-order valence-corrected chi connectivity index (χ3v) is 6.04. The van der Waals surface area contributed by atoms with E-state index in [1.165, 1.54) is 0 Å². The molecule has 31 heavy (non-hydrogen) atoms. The first-order valence-electron chi connectivity index (χ1n) is 10.4. The van der Waals surface area contributed by atoms with Gasteiger partial charge in [-0.3, -0.25) is 0 Å². The molecule has 0 N–H and O–H groups in total. The Bertz CT molecular complexity index is 1350. The molecule has 0 radical (unpaired) electrons. The van der Waals surface area contributed by atoms with Crippen LogP contribution in [-0.4, -0.2) is 15.8 Å². The van der Waals surface area contributed by atoms with Crippen LogP contribution in [0.2, 0.25) is 0 Å². The average Bonchev–Trinajstić information content (AvgIpc) is 2.70. The Morgan fingerprint density at radius 1 is 0.742 bits per heavy atom. The molecule has 0 unspecified atom stereocenters. The quantitative estimate of drug-likeness (QED) is 0.165. The summed E-state index contributed by atoms with van der Waals surface area (Å²) >= 11 is 3.59. The van der Waals surface area contributed by atoms with E-state index in [0.29, 0.717) is 11.4 Å². The maximum absolute atomic E-state index is 12.9. The van der Waals surface area contributed by atoms with Crippen LogP contribution < -0.4 is 5.06 Å². The molecule has 0 aliphatic carbocycles. The second kappa shape index (κ2) is 7.28. The number of hydroxylamine groups is 1. The number of halogens is 1. The van der Waals surface area contributed by atoms with Crippen molar-refractivity contribution in [3.05, 3.63) is 69.2 Å². The van der Waals surface area contributed by atoms with Crippen molar-refractivity contribution in [1.29, 1.82) is 0 Å². The summed E-state index contributed by atoms with van der Waals surface area (Å²) in [6.45, 7) is 11.4. The van der Waals surface area contributed by atoms with Crippen molar-refractivity contribution < 1.29 is 4.76 Å². The first kappa shape index (κ1) is 21.7. The van der Waals surface area contributed by atoms with Crippen molar-refractivity contribution in [2.75, 3.05) is 5.06 Å². The van der Waals surface area contributed by atoms with Crippen LogP contribution >= 0.6 is 15.9 Å². The Morgan fingerprint density at radius 2 is 1.26 bits per heavy atom. The van der Waals surface area contributed by atoms with Crippen LogP contribution in [0.1, 0.15) is 41.5 Å². The number of nitroso groups, excluding NO2 is 1. The van der Waals surface area contributed by atoms with E-state index in [1.54, 1.807) is 0 Å². The number of anilines is 1. The van der Waals surface area contributed by atoms with Gasteiger partial charge in [-0.05, 0) is 83.4 Å². The van der Waals surface area contributed by atoms with E-state index >= 15 is 0 Å². The number of rotatable bonds is 2. The number of benzene rings is 4. The molecule has 4 rings (SSSR count). The van der Waals surface area contributed by atoms with Gasteiger partial charge in [0.1, 0.15) is 0 Å². The summed E-state index contributed by atoms with van der Waals surface area (Å²) in [4.78, 5) is 12.9. The maximum atomic E-state index is 12.9. The van der Waals surface area contributed by atoms with Crippen LogP contribution in [0.3, 0.4) is 0 Å². The molecule has 0 saturated carbocycles. The Hall–Kier alpha value is -2.50. The molecule has 5 heteroatoms. The Kier molecular flexibility index (Phi) is 5.10. The highest BCUT2D eigenvalue weighted by Gasteiger charge is 2.31. The van der Waals surface area contributed by atoms with Crippen LogP contribution in [0, 0.1) is 10.1 Å². The summed E-state index contributed by atoms with van der Waals surface area (Å²) in [6, 6.07) is 17.9. The molecule has 0 amide bonds. The van der Waals surface area contributed by atoms with Crippen LogP contribution in [0.4, 0.5) is 11.4 Å². The van der Waals surface area contributed by atoms with Crippen LogP contribution in [-0.2, 0) is 0 Å². The van der Waals surface area contributed by atoms with Gasteiger partial charge in [0.15, 0.2) is 0 Å². The summed E-state index contributed by atoms with van der Waals surface area (Å²) in [5.41, 5.74) is 0.179. The highest BCUT2D eigenvalue weighted by Crippen LogP contribution is 2.40. The molecule has 0 saturated heterocycles. The molecule has 0 aliphatic heterocycles. The predicted octanol–water partition coefficient (Wildman–Crippen LogP) is 8.22. The number of fused-ring (bicyclic) bond motifs is 6. The van der Waals surface area contributed by atoms with E-state index in [-0.39, 0.29) is 0 Å². The Balaban J connectivity index is 2.11. The smallest absolute Gasteiger partial charge is 0.257 e. The SMILES string of the molecule is CC(C)(C)N([O-])c1ccc2c3cc(Br)ccc3c3cc([N+](=O)C(C)(C)C)ccc3c2c1. The zero-order valence-corrected chi connectivity index (χ0v) is 20.4. The molecule has 4 aromatic rings. The fourth-order valence-electron chi connectivity index (χ4n) is 3.98. The number of nitrogens with zero attached hydrogens (tertiary/aromatic N) is 2. The lowest BCUT2D eigenvalue weighted by atomic mass is 9.93. The predicted molar refractivity (Wildman–Crippen MR) is 135 cm³/mol. The third-order valence-electron chi connectivity index (χ3n) is 5.55. The fraction of sp³-hybridized carbons (Fsp3) is 0.308. The lowest BCUT2D eigenvalue weighted by Crippen LogP contribution is -2.36. The topological polar surface area (TPSA) is 46.4 Å². The first-order valence-corrected chi connectivity index (χ1v) is 11.2. The lowest BCUT2D eigenvalue weighted by molar-refractivity contribution is -0.539. The molecule has 0 atom stereocenters. The van der Waals surface area contributed by atoms with Gasteiger partial charge in [0.05, 0.1) is 0 Å². The second-order valence-electron chi connectivity index (χ2n) is 10.1. The van der Waals surface area contributed by atoms with Gasteiger partial charge in [0.25, 0.3) is 5.69 Å². The molecular formula is C26H27BrN2O2. The van der Waals surface area contributed by atoms with Gasteiger partial charge < -0.3 is 10.3 Å². The summed E-state index contributed by atoms with van der Waals surface area (Å²) in [6.07, 6.45) is 0. The zero-order valence-electron chi connectivity index (χ0n) is 18.8. The molecule has 0 fully saturated rings. The minimum Gasteiger partial charge on any atom is -0.758 e. The van der Waals surface area contributed by atoms with Gasteiger partial charge in [0.2, 0.25) is 5.54 Å². The zero-order chi connectivity index (χ0) is 22.7. The van der Waals surface area contributed by atoms with Crippen molar-refractivity contribution in [2.45, 2.75) is 52.6 Å². The first-order chi connectivity index (χ1) is 14.4. The Morgan fingerprint density at radius 3 is 1.84 bits per heavy atom. The second-order valence-corrected chi connectivity index (χ2v) is 11.0. The standard InChI is InChI=1S/C26H27BrN2O2/c1-25(2,3)28(30)17-8-11-20-22-13-16(27)7-10-19(22)23-14-18(29(31)26(4,5)6)9-12-21(23)24(20)15-17/h7-15H,1-6H3. The molecule has 0 bridgehead atoms. The van der Waals surface area contributed by atoms with Crippen molar-refractivity contribution in [2.24, 2.45) is 0 Å². The van der Waals surface area contributed by atoms with E-state index in [2.05, 4.69) is 28.1 Å². The van der Waals surface area contributed by atoms with E-state index in [9.17, 15) is 10.1 Å². The molecule has 4 aromatic carbocycles. The highest BCUT2D eigenvalue weighted by molar-refractivity contribution is 9.10. The normalized spacial score (nSPS) is 12.6. The minimum absolute atomic E-state index is 0.535. The van der Waals surface area contributed by atoms with Gasteiger partial charge in [-0.15, -0.1) is 0 Å². The fourth-order valence-corrected chi connectivity index (χ4v) is 4.34. The minimum atomic E-state index is -0.535. The summed E-state index contributed by atoms with van der Waals surface area (Å²) in [7, 11) is 0. The monoisotopic (exact) mass is 478 g/mol. The lowest BCUT2D eigenvalue weighted by Gasteiger charge is -2.43. The van der Waals surface area contributed by atoms with Crippen molar-refractivity contribution in [1.82, 2.24) is 0 Å². The maximum Gasteiger partial charge on any atom is 0.257 e. The van der Waals surface area contributed by atoms with E-state index < -0.39 is 11.1 Å². The van der Waals surface area contributed by atoms with Gasteiger partial charge >= 0.3 is 0 Å². The van der Waals surface area contributed by atoms with Gasteiger partial charge in [-0.2, -0.15) is 0 Å². The molecular weight excluding hydrogens is 452 g/mol. The molecule has 160 valence electrons. The molecule has 0 spiro atoms. The Labute approximate surface area is 191 Å². The highest BCUT2D eigenvalue weighted by atomic mass is 79.9. The van der Waals surface area contributed by atoms with E-state index in [4.69, 9.17) is 0 Å². The average molecular weight is 479 g/mol. The molecule has 0 heterocycles. The summed E-state index contributed by atoms with van der Waals surface area (Å²) in [5.74, 6) is 0. The van der Waals surface area contributed by atoms with Crippen LogP contribution in [0.15, 0.2) is 59.1 Å². The number of hydrogen-bond acceptors (Lipinski definition) is 3. The van der Waals surface area contributed by atoms with E-state index in [0.717, 1.165) is 46.6 Å². The molecule has 4 nitrogen and oxygen atoms in total. The van der Waals surface area contributed by atoms with Crippen molar-refractivity contribution >= 4 is 59.6 Å². The van der Waals surface area contributed by atoms with Gasteiger partial charge in [0, 0.05) is 58.3 Å². The van der Waals surface area contributed by atoms with Gasteiger partial charge in [-0.1, -0.05) is 28.1 Å². The largest absolute Gasteiger partial charge is 0.758 e. The summed E-state index contributed by atoms with van der Waals surface area (Å²) in [5, 5.41) is 20.2. The van der Waals surface area contributed by atoms with Gasteiger partial charge in [-0.25, -0.2) is 0 Å². The third kappa shape index (κ3) is 3.81. The van der Waals surface area contributed by atoms with E-state index in [1.807, 2.05) is 84.0 Å². The van der Waals surface area contributed by atoms with Crippen LogP contribution in [0.25, 0.3) is 32.3 Å². The molecule has 0 aliphatic rings. The molecule has 0 aromatic heterocycles. The van der Waals surface area contributed by atoms with Crippen molar-refractivity contribution in [3.63, 3.8) is 0 Å². The number of hydrogen-bond donors (Lipinski definition) is 0. The van der Waals surface area contributed by atoms with Crippen LogP contribution in [0.5, 0.6) is 0 Å². The summed E-state index contributed by atoms with van der Waals surface area (Å²) < 4.78 is 2.04. The van der Waals surface area contributed by atoms with Crippen molar-refractivity contribution in [3.8, 4) is 0 Å².